The van der Waals surface area contributed by atoms with Gasteiger partial charge in [-0.05, 0) is 31.2 Å². The molecule has 7 heteroatoms. The number of hydrogen-bond donors (Lipinski definition) is 1. The zero-order valence-electron chi connectivity index (χ0n) is 16.6. The molecule has 7 nitrogen and oxygen atoms in total. The van der Waals surface area contributed by atoms with Gasteiger partial charge >= 0.3 is 12.1 Å². The summed E-state index contributed by atoms with van der Waals surface area (Å²) in [5.41, 5.74) is 1.00. The van der Waals surface area contributed by atoms with E-state index in [4.69, 9.17) is 4.74 Å². The van der Waals surface area contributed by atoms with Crippen molar-refractivity contribution in [1.82, 2.24) is 20.0 Å². The van der Waals surface area contributed by atoms with Gasteiger partial charge in [0.15, 0.2) is 0 Å². The molecule has 0 bridgehead atoms. The Morgan fingerprint density at radius 2 is 1.86 bits per heavy atom. The van der Waals surface area contributed by atoms with Crippen molar-refractivity contribution in [2.75, 3.05) is 39.9 Å². The molecule has 3 saturated heterocycles. The lowest BCUT2D eigenvalue weighted by Crippen LogP contribution is -2.58. The molecule has 4 amide bonds. The Kier molecular flexibility index (Phi) is 5.44. The third-order valence-electron chi connectivity index (χ3n) is 6.40. The molecule has 0 aromatic heterocycles. The van der Waals surface area contributed by atoms with E-state index in [0.29, 0.717) is 19.6 Å². The summed E-state index contributed by atoms with van der Waals surface area (Å²) in [6, 6.07) is 10.3. The maximum Gasteiger partial charge on any atom is 0.320 e. The van der Waals surface area contributed by atoms with Gasteiger partial charge in [-0.25, -0.2) is 9.59 Å². The quantitative estimate of drug-likeness (QED) is 0.867. The van der Waals surface area contributed by atoms with Gasteiger partial charge in [0.25, 0.3) is 0 Å². The van der Waals surface area contributed by atoms with E-state index < -0.39 is 0 Å². The van der Waals surface area contributed by atoms with E-state index in [9.17, 15) is 9.59 Å². The molecule has 0 aliphatic carbocycles. The van der Waals surface area contributed by atoms with E-state index in [0.717, 1.165) is 51.0 Å². The van der Waals surface area contributed by atoms with Crippen LogP contribution < -0.4 is 5.32 Å². The van der Waals surface area contributed by atoms with Crippen LogP contribution in [-0.2, 0) is 11.3 Å². The second-order valence-electron chi connectivity index (χ2n) is 8.21. The number of amides is 4. The maximum absolute atomic E-state index is 12.9. The van der Waals surface area contributed by atoms with E-state index >= 15 is 0 Å². The van der Waals surface area contributed by atoms with Crippen molar-refractivity contribution in [2.45, 2.75) is 43.8 Å². The number of piperidine rings is 1. The number of nitrogens with zero attached hydrogens (tertiary/aromatic N) is 3. The average molecular weight is 386 g/mol. The first-order chi connectivity index (χ1) is 13.6. The first-order valence-electron chi connectivity index (χ1n) is 10.3. The Morgan fingerprint density at radius 3 is 2.54 bits per heavy atom. The number of benzene rings is 1. The van der Waals surface area contributed by atoms with Crippen molar-refractivity contribution >= 4 is 12.1 Å². The summed E-state index contributed by atoms with van der Waals surface area (Å²) in [7, 11) is 1.89. The summed E-state index contributed by atoms with van der Waals surface area (Å²) >= 11 is 0. The van der Waals surface area contributed by atoms with Crippen molar-refractivity contribution in [2.24, 2.45) is 0 Å². The Balaban J connectivity index is 1.34. The van der Waals surface area contributed by atoms with E-state index in [1.165, 1.54) is 0 Å². The number of nitrogens with one attached hydrogen (secondary N) is 1. The molecule has 152 valence electrons. The third-order valence-corrected chi connectivity index (χ3v) is 6.40. The summed E-state index contributed by atoms with van der Waals surface area (Å²) in [6.07, 6.45) is 3.48. The molecule has 1 aromatic rings. The number of ether oxygens (including phenoxy) is 1. The second kappa shape index (κ2) is 7.99. The Bertz CT molecular complexity index is 697. The molecule has 1 N–H and O–H groups in total. The Morgan fingerprint density at radius 1 is 1.18 bits per heavy atom. The highest BCUT2D eigenvalue weighted by Gasteiger charge is 2.52. The summed E-state index contributed by atoms with van der Waals surface area (Å²) in [5, 5.41) is 3.01. The topological polar surface area (TPSA) is 65.1 Å². The van der Waals surface area contributed by atoms with Crippen molar-refractivity contribution < 1.29 is 14.3 Å². The van der Waals surface area contributed by atoms with Crippen LogP contribution in [0, 0.1) is 0 Å². The van der Waals surface area contributed by atoms with Crippen LogP contribution in [0.25, 0.3) is 0 Å². The largest absolute Gasteiger partial charge is 0.381 e. The van der Waals surface area contributed by atoms with Gasteiger partial charge < -0.3 is 24.8 Å². The molecule has 1 spiro atoms. The van der Waals surface area contributed by atoms with Gasteiger partial charge in [0, 0.05) is 52.5 Å². The summed E-state index contributed by atoms with van der Waals surface area (Å²) < 4.78 is 5.56. The number of carbonyl (C=O) groups is 2. The first-order valence-corrected chi connectivity index (χ1v) is 10.3. The van der Waals surface area contributed by atoms with Crippen LogP contribution in [0.1, 0.15) is 31.2 Å². The summed E-state index contributed by atoms with van der Waals surface area (Å²) in [6.45, 7) is 4.14. The maximum atomic E-state index is 12.9. The van der Waals surface area contributed by atoms with Crippen LogP contribution in [-0.4, -0.2) is 78.2 Å². The fourth-order valence-electron chi connectivity index (χ4n) is 4.88. The van der Waals surface area contributed by atoms with Crippen LogP contribution in [0.3, 0.4) is 0 Å². The molecule has 3 fully saturated rings. The van der Waals surface area contributed by atoms with Crippen molar-refractivity contribution in [3.05, 3.63) is 35.9 Å². The van der Waals surface area contributed by atoms with Gasteiger partial charge in [0.05, 0.1) is 5.54 Å². The first kappa shape index (κ1) is 19.1. The van der Waals surface area contributed by atoms with Crippen LogP contribution in [0.4, 0.5) is 9.59 Å². The van der Waals surface area contributed by atoms with Crippen molar-refractivity contribution in [3.8, 4) is 0 Å². The molecular formula is C21H30N4O3. The number of carbonyl (C=O) groups excluding carboxylic acids is 2. The smallest absolute Gasteiger partial charge is 0.320 e. The zero-order valence-corrected chi connectivity index (χ0v) is 16.6. The highest BCUT2D eigenvalue weighted by Crippen LogP contribution is 2.38. The summed E-state index contributed by atoms with van der Waals surface area (Å²) in [5.74, 6) is 0. The molecule has 3 heterocycles. The van der Waals surface area contributed by atoms with Gasteiger partial charge in [-0.15, -0.1) is 0 Å². The molecular weight excluding hydrogens is 356 g/mol. The minimum atomic E-state index is -0.0908. The van der Waals surface area contributed by atoms with Gasteiger partial charge in [0.1, 0.15) is 0 Å². The normalized spacial score (nSPS) is 22.8. The van der Waals surface area contributed by atoms with Crippen molar-refractivity contribution in [1.29, 1.82) is 0 Å². The average Bonchev–Trinajstić information content (AvgIpc) is 2.97. The minimum absolute atomic E-state index is 0.0204. The Hall–Kier alpha value is -2.28. The number of urea groups is 2. The monoisotopic (exact) mass is 386 g/mol. The van der Waals surface area contributed by atoms with E-state index in [1.807, 2.05) is 47.2 Å². The number of likely N-dealkylation sites (N-methyl/N-ethyl adjacent to an activating group) is 1. The lowest BCUT2D eigenvalue weighted by atomic mass is 9.86. The zero-order chi connectivity index (χ0) is 19.6. The lowest BCUT2D eigenvalue weighted by molar-refractivity contribution is -0.0142. The van der Waals surface area contributed by atoms with Gasteiger partial charge in [-0.1, -0.05) is 30.3 Å². The second-order valence-corrected chi connectivity index (χ2v) is 8.21. The number of hydrogen-bond acceptors (Lipinski definition) is 3. The number of rotatable bonds is 3. The molecule has 3 aliphatic heterocycles. The predicted molar refractivity (Wildman–Crippen MR) is 106 cm³/mol. The van der Waals surface area contributed by atoms with E-state index in [2.05, 4.69) is 10.2 Å². The van der Waals surface area contributed by atoms with E-state index in [1.54, 1.807) is 0 Å². The SMILES string of the molecule is CN1CC2(CCOCC2)N(C2CCN(C(=O)NCc3ccccc3)CC2)C1=O. The van der Waals surface area contributed by atoms with Gasteiger partial charge in [-0.2, -0.15) is 0 Å². The number of likely N-dealkylation sites (tertiary alicyclic amines) is 1. The fraction of sp³-hybridized carbons (Fsp3) is 0.619. The molecule has 0 unspecified atom stereocenters. The molecule has 0 radical (unpaired) electrons. The van der Waals surface area contributed by atoms with Crippen LogP contribution in [0.15, 0.2) is 30.3 Å². The molecule has 1 aromatic carbocycles. The fourth-order valence-corrected chi connectivity index (χ4v) is 4.88. The van der Waals surface area contributed by atoms with Crippen LogP contribution >= 0.6 is 0 Å². The molecule has 4 rings (SSSR count). The van der Waals surface area contributed by atoms with Crippen LogP contribution in [0.2, 0.25) is 0 Å². The van der Waals surface area contributed by atoms with Gasteiger partial charge in [0.2, 0.25) is 0 Å². The van der Waals surface area contributed by atoms with Crippen LogP contribution in [0.5, 0.6) is 0 Å². The highest BCUT2D eigenvalue weighted by molar-refractivity contribution is 5.78. The molecule has 0 atom stereocenters. The standard InChI is InChI=1S/C21H30N4O3/c1-23-16-21(9-13-28-14-10-21)25(20(23)27)18-7-11-24(12-8-18)19(26)22-15-17-5-3-2-4-6-17/h2-6,18H,7-16H2,1H3,(H,22,26). The van der Waals surface area contributed by atoms with Crippen molar-refractivity contribution in [3.63, 3.8) is 0 Å². The highest BCUT2D eigenvalue weighted by atomic mass is 16.5. The molecule has 0 saturated carbocycles. The Labute approximate surface area is 166 Å². The molecule has 3 aliphatic rings. The molecule has 28 heavy (non-hydrogen) atoms. The minimum Gasteiger partial charge on any atom is -0.381 e. The lowest BCUT2D eigenvalue weighted by Gasteiger charge is -2.46. The van der Waals surface area contributed by atoms with E-state index in [-0.39, 0.29) is 23.6 Å². The van der Waals surface area contributed by atoms with Gasteiger partial charge in [-0.3, -0.25) is 0 Å². The predicted octanol–water partition coefficient (Wildman–Crippen LogP) is 2.28. The summed E-state index contributed by atoms with van der Waals surface area (Å²) in [4.78, 5) is 31.3. The third kappa shape index (κ3) is 3.68.